The van der Waals surface area contributed by atoms with Crippen molar-refractivity contribution in [3.05, 3.63) is 62.4 Å². The van der Waals surface area contributed by atoms with Crippen LogP contribution in [0.15, 0.2) is 33.5 Å². The van der Waals surface area contributed by atoms with Crippen molar-refractivity contribution in [1.29, 1.82) is 5.26 Å². The van der Waals surface area contributed by atoms with Gasteiger partial charge in [-0.25, -0.2) is 0 Å². The SMILES string of the molecule is Cc1nn(C[NH+](Cc2nnc(-c3ccc(Cl)cc3)o2)C2CC2)c(=O)c(C#N)c1C. The Morgan fingerprint density at radius 2 is 2.00 bits per heavy atom. The molecule has 3 aromatic rings. The molecule has 0 bridgehead atoms. The third-order valence-corrected chi connectivity index (χ3v) is 5.44. The fourth-order valence-electron chi connectivity index (χ4n) is 3.25. The first-order valence-electron chi connectivity index (χ1n) is 9.37. The van der Waals surface area contributed by atoms with Crippen molar-refractivity contribution in [1.82, 2.24) is 20.0 Å². The van der Waals surface area contributed by atoms with Crippen LogP contribution in [0.4, 0.5) is 0 Å². The molecule has 0 aliphatic heterocycles. The first-order valence-corrected chi connectivity index (χ1v) is 9.75. The minimum absolute atomic E-state index is 0.149. The quantitative estimate of drug-likeness (QED) is 0.661. The lowest BCUT2D eigenvalue weighted by Gasteiger charge is -2.18. The Kier molecular flexibility index (Phi) is 5.18. The molecule has 9 heteroatoms. The van der Waals surface area contributed by atoms with Gasteiger partial charge in [-0.3, -0.25) is 4.79 Å². The standard InChI is InChI=1S/C20H19ClN6O2/c1-12-13(2)25-27(20(28)17(12)9-22)11-26(16-7-8-16)10-18-23-24-19(29-18)14-3-5-15(21)6-4-14/h3-6,16H,7-8,10-11H2,1-2H3/p+1. The summed E-state index contributed by atoms with van der Waals surface area (Å²) >= 11 is 5.92. The van der Waals surface area contributed by atoms with Crippen molar-refractivity contribution in [3.8, 4) is 17.5 Å². The van der Waals surface area contributed by atoms with Gasteiger partial charge in [0.05, 0.1) is 11.7 Å². The minimum Gasteiger partial charge on any atom is -0.415 e. The molecular weight excluding hydrogens is 392 g/mol. The molecule has 1 aromatic carbocycles. The number of hydrogen-bond acceptors (Lipinski definition) is 6. The van der Waals surface area contributed by atoms with Crippen LogP contribution in [0, 0.1) is 25.2 Å². The largest absolute Gasteiger partial charge is 0.415 e. The highest BCUT2D eigenvalue weighted by Crippen LogP contribution is 2.20. The molecule has 0 saturated heterocycles. The predicted octanol–water partition coefficient (Wildman–Crippen LogP) is 1.64. The lowest BCUT2D eigenvalue weighted by atomic mass is 10.1. The second-order valence-corrected chi connectivity index (χ2v) is 7.71. The fraction of sp³-hybridized carbons (Fsp3) is 0.350. The van der Waals surface area contributed by atoms with Crippen molar-refractivity contribution in [3.63, 3.8) is 0 Å². The Labute approximate surface area is 172 Å². The highest BCUT2D eigenvalue weighted by molar-refractivity contribution is 6.30. The number of halogens is 1. The van der Waals surface area contributed by atoms with Crippen LogP contribution in [0.5, 0.6) is 0 Å². The maximum Gasteiger partial charge on any atom is 0.289 e. The van der Waals surface area contributed by atoms with E-state index in [0.717, 1.165) is 23.3 Å². The van der Waals surface area contributed by atoms with Gasteiger partial charge >= 0.3 is 0 Å². The Morgan fingerprint density at radius 1 is 1.28 bits per heavy atom. The zero-order valence-electron chi connectivity index (χ0n) is 16.1. The summed E-state index contributed by atoms with van der Waals surface area (Å²) in [6.07, 6.45) is 2.14. The molecule has 1 N–H and O–H groups in total. The molecule has 1 atom stereocenters. The topological polar surface area (TPSA) is 102 Å². The van der Waals surface area contributed by atoms with E-state index in [0.29, 0.717) is 47.3 Å². The molecule has 2 heterocycles. The summed E-state index contributed by atoms with van der Waals surface area (Å²) in [5.74, 6) is 0.925. The van der Waals surface area contributed by atoms with E-state index in [9.17, 15) is 10.1 Å². The molecule has 2 aromatic heterocycles. The number of nitrogens with one attached hydrogen (secondary N) is 1. The summed E-state index contributed by atoms with van der Waals surface area (Å²) in [4.78, 5) is 13.7. The zero-order valence-corrected chi connectivity index (χ0v) is 16.9. The number of hydrogen-bond donors (Lipinski definition) is 1. The van der Waals surface area contributed by atoms with Crippen molar-refractivity contribution in [2.24, 2.45) is 0 Å². The molecule has 1 saturated carbocycles. The average Bonchev–Trinajstić information content (AvgIpc) is 3.45. The maximum absolute atomic E-state index is 12.6. The number of benzene rings is 1. The number of quaternary nitrogens is 1. The molecule has 4 rings (SSSR count). The van der Waals surface area contributed by atoms with Crippen LogP contribution in [-0.2, 0) is 13.2 Å². The van der Waals surface area contributed by atoms with Gasteiger partial charge in [0.2, 0.25) is 5.89 Å². The van der Waals surface area contributed by atoms with Gasteiger partial charge in [-0.1, -0.05) is 11.6 Å². The van der Waals surface area contributed by atoms with E-state index >= 15 is 0 Å². The molecule has 29 heavy (non-hydrogen) atoms. The summed E-state index contributed by atoms with van der Waals surface area (Å²) < 4.78 is 7.21. The summed E-state index contributed by atoms with van der Waals surface area (Å²) in [5.41, 5.74) is 1.90. The summed E-state index contributed by atoms with van der Waals surface area (Å²) in [6.45, 7) is 4.38. The number of nitrogens with zero attached hydrogens (tertiary/aromatic N) is 5. The zero-order chi connectivity index (χ0) is 20.5. The number of aromatic nitrogens is 4. The Morgan fingerprint density at radius 3 is 2.66 bits per heavy atom. The molecular formula is C20H20ClN6O2+. The highest BCUT2D eigenvalue weighted by Gasteiger charge is 2.35. The first kappa shape index (κ1) is 19.3. The van der Waals surface area contributed by atoms with Crippen molar-refractivity contribution in [2.45, 2.75) is 45.9 Å². The van der Waals surface area contributed by atoms with Gasteiger partial charge in [0.1, 0.15) is 11.6 Å². The van der Waals surface area contributed by atoms with Crippen LogP contribution in [0.1, 0.15) is 35.6 Å². The van der Waals surface area contributed by atoms with Gasteiger partial charge in [0.25, 0.3) is 11.4 Å². The molecule has 1 aliphatic carbocycles. The van der Waals surface area contributed by atoms with Gasteiger partial charge in [-0.15, -0.1) is 10.2 Å². The Hall–Kier alpha value is -3.02. The van der Waals surface area contributed by atoms with E-state index in [1.165, 1.54) is 4.68 Å². The molecule has 148 valence electrons. The van der Waals surface area contributed by atoms with E-state index in [1.807, 2.05) is 18.2 Å². The number of nitriles is 1. The summed E-state index contributed by atoms with van der Waals surface area (Å²) in [7, 11) is 0. The minimum atomic E-state index is -0.360. The highest BCUT2D eigenvalue weighted by atomic mass is 35.5. The van der Waals surface area contributed by atoms with Crippen molar-refractivity contribution < 1.29 is 9.32 Å². The van der Waals surface area contributed by atoms with Gasteiger partial charge in [0.15, 0.2) is 13.2 Å². The number of rotatable bonds is 6. The van der Waals surface area contributed by atoms with Crippen LogP contribution in [0.2, 0.25) is 5.02 Å². The molecule has 8 nitrogen and oxygen atoms in total. The Balaban J connectivity index is 1.56. The second-order valence-electron chi connectivity index (χ2n) is 7.28. The smallest absolute Gasteiger partial charge is 0.289 e. The molecule has 1 fully saturated rings. The number of aryl methyl sites for hydroxylation is 1. The van der Waals surface area contributed by atoms with Crippen LogP contribution in [0.25, 0.3) is 11.5 Å². The maximum atomic E-state index is 12.6. The van der Waals surface area contributed by atoms with Crippen LogP contribution in [-0.4, -0.2) is 26.0 Å². The molecule has 1 aliphatic rings. The molecule has 0 radical (unpaired) electrons. The van der Waals surface area contributed by atoms with Gasteiger partial charge in [-0.05, 0) is 43.7 Å². The van der Waals surface area contributed by atoms with E-state index in [-0.39, 0.29) is 11.1 Å². The second kappa shape index (κ2) is 7.78. The van der Waals surface area contributed by atoms with Gasteiger partial charge in [-0.2, -0.15) is 15.0 Å². The van der Waals surface area contributed by atoms with Crippen LogP contribution >= 0.6 is 11.6 Å². The monoisotopic (exact) mass is 411 g/mol. The van der Waals surface area contributed by atoms with E-state index in [1.54, 1.807) is 26.0 Å². The summed E-state index contributed by atoms with van der Waals surface area (Å²) in [5, 5.41) is 22.6. The lowest BCUT2D eigenvalue weighted by molar-refractivity contribution is -0.949. The molecule has 0 amide bonds. The van der Waals surface area contributed by atoms with E-state index < -0.39 is 0 Å². The van der Waals surface area contributed by atoms with Crippen molar-refractivity contribution in [2.75, 3.05) is 0 Å². The third-order valence-electron chi connectivity index (χ3n) is 5.19. The normalized spacial score (nSPS) is 14.6. The average molecular weight is 412 g/mol. The van der Waals surface area contributed by atoms with Gasteiger partial charge < -0.3 is 9.32 Å². The molecule has 1 unspecified atom stereocenters. The van der Waals surface area contributed by atoms with E-state index in [4.69, 9.17) is 16.0 Å². The molecule has 0 spiro atoms. The van der Waals surface area contributed by atoms with Gasteiger partial charge in [0, 0.05) is 23.4 Å². The third kappa shape index (κ3) is 4.06. The summed E-state index contributed by atoms with van der Waals surface area (Å²) in [6, 6.07) is 9.60. The predicted molar refractivity (Wildman–Crippen MR) is 105 cm³/mol. The first-order chi connectivity index (χ1) is 14.0. The van der Waals surface area contributed by atoms with Crippen molar-refractivity contribution >= 4 is 11.6 Å². The van der Waals surface area contributed by atoms with E-state index in [2.05, 4.69) is 15.3 Å². The van der Waals surface area contributed by atoms with Crippen LogP contribution < -0.4 is 10.5 Å². The fourth-order valence-corrected chi connectivity index (χ4v) is 3.38. The Bertz CT molecular complexity index is 1140. The lowest BCUT2D eigenvalue weighted by Crippen LogP contribution is -3.11. The van der Waals surface area contributed by atoms with Crippen LogP contribution in [0.3, 0.4) is 0 Å².